The number of carbonyl (C=O) groups excluding carboxylic acids is 2. The first kappa shape index (κ1) is 13.4. The fourth-order valence-corrected chi connectivity index (χ4v) is 1.85. The van der Waals surface area contributed by atoms with Gasteiger partial charge in [-0.05, 0) is 0 Å². The molecule has 1 saturated heterocycles. The maximum Gasteiger partial charge on any atom is 0.303 e. The third kappa shape index (κ3) is 3.43. The van der Waals surface area contributed by atoms with Crippen molar-refractivity contribution in [1.82, 2.24) is 0 Å². The SMILES string of the molecule is CC(=O)O[C@@H]1[C@@H](O)[C@@H](Br)OC[C@@H]1OC(C)=O. The number of carbonyl (C=O) groups is 2. The molecule has 0 aliphatic carbocycles. The van der Waals surface area contributed by atoms with Crippen LogP contribution in [0.4, 0.5) is 0 Å². The molecule has 0 aromatic heterocycles. The predicted molar refractivity (Wildman–Crippen MR) is 55.8 cm³/mol. The summed E-state index contributed by atoms with van der Waals surface area (Å²) < 4.78 is 14.9. The molecule has 6 nitrogen and oxygen atoms in total. The van der Waals surface area contributed by atoms with Crippen molar-refractivity contribution in [3.05, 3.63) is 0 Å². The van der Waals surface area contributed by atoms with Crippen molar-refractivity contribution in [2.24, 2.45) is 0 Å². The van der Waals surface area contributed by atoms with Gasteiger partial charge in [-0.3, -0.25) is 9.59 Å². The molecular weight excluding hydrogens is 284 g/mol. The van der Waals surface area contributed by atoms with E-state index in [1.165, 1.54) is 13.8 Å². The molecule has 0 radical (unpaired) electrons. The summed E-state index contributed by atoms with van der Waals surface area (Å²) in [5, 5.41) is 9.08. The first-order chi connectivity index (χ1) is 7.41. The van der Waals surface area contributed by atoms with Crippen LogP contribution in [-0.2, 0) is 23.8 Å². The number of alkyl halides is 1. The molecule has 1 fully saturated rings. The molecule has 0 aromatic rings. The van der Waals surface area contributed by atoms with Gasteiger partial charge in [0.15, 0.2) is 12.2 Å². The van der Waals surface area contributed by atoms with Gasteiger partial charge in [-0.2, -0.15) is 0 Å². The lowest BCUT2D eigenvalue weighted by Crippen LogP contribution is -2.54. The number of hydrogen-bond acceptors (Lipinski definition) is 6. The molecule has 16 heavy (non-hydrogen) atoms. The number of ether oxygens (including phenoxy) is 3. The molecule has 1 aliphatic rings. The fraction of sp³-hybridized carbons (Fsp3) is 0.778. The van der Waals surface area contributed by atoms with E-state index < -0.39 is 35.3 Å². The number of rotatable bonds is 2. The zero-order chi connectivity index (χ0) is 12.3. The number of aliphatic hydroxyl groups excluding tert-OH is 1. The van der Waals surface area contributed by atoms with E-state index in [-0.39, 0.29) is 6.61 Å². The summed E-state index contributed by atoms with van der Waals surface area (Å²) in [6.07, 6.45) is -2.79. The van der Waals surface area contributed by atoms with Gasteiger partial charge >= 0.3 is 11.9 Å². The van der Waals surface area contributed by atoms with E-state index in [0.717, 1.165) is 0 Å². The second-order valence-electron chi connectivity index (χ2n) is 3.40. The zero-order valence-electron chi connectivity index (χ0n) is 8.88. The van der Waals surface area contributed by atoms with Crippen LogP contribution in [0.25, 0.3) is 0 Å². The van der Waals surface area contributed by atoms with Crippen molar-refractivity contribution in [2.75, 3.05) is 6.61 Å². The van der Waals surface area contributed by atoms with Crippen LogP contribution in [0.1, 0.15) is 13.8 Å². The van der Waals surface area contributed by atoms with Crippen LogP contribution < -0.4 is 0 Å². The first-order valence-electron chi connectivity index (χ1n) is 4.70. The summed E-state index contributed by atoms with van der Waals surface area (Å²) in [6.45, 7) is 2.51. The molecule has 1 N–H and O–H groups in total. The van der Waals surface area contributed by atoms with Crippen LogP contribution >= 0.6 is 15.9 Å². The standard InChI is InChI=1S/C9H13BrO6/c1-4(11)15-6-3-14-9(10)7(13)8(6)16-5(2)12/h6-9,13H,3H2,1-2H3/t6-,7+,8-,9-/m0/s1. The Kier molecular flexibility index (Phi) is 4.69. The minimum atomic E-state index is -1.08. The molecule has 0 spiro atoms. The third-order valence-electron chi connectivity index (χ3n) is 2.01. The number of hydrogen-bond donors (Lipinski definition) is 1. The normalized spacial score (nSPS) is 34.2. The molecule has 4 atom stereocenters. The maximum absolute atomic E-state index is 10.9. The Balaban J connectivity index is 2.72. The van der Waals surface area contributed by atoms with Crippen molar-refractivity contribution >= 4 is 27.9 Å². The van der Waals surface area contributed by atoms with Gasteiger partial charge in [0.25, 0.3) is 0 Å². The van der Waals surface area contributed by atoms with Crippen LogP contribution in [0.5, 0.6) is 0 Å². The molecule has 1 rings (SSSR count). The van der Waals surface area contributed by atoms with Crippen LogP contribution in [0, 0.1) is 0 Å². The Morgan fingerprint density at radius 3 is 2.38 bits per heavy atom. The van der Waals surface area contributed by atoms with Gasteiger partial charge < -0.3 is 19.3 Å². The Hall–Kier alpha value is -0.660. The van der Waals surface area contributed by atoms with Crippen molar-refractivity contribution in [1.29, 1.82) is 0 Å². The highest BCUT2D eigenvalue weighted by Crippen LogP contribution is 2.24. The lowest BCUT2D eigenvalue weighted by atomic mass is 10.1. The van der Waals surface area contributed by atoms with E-state index in [9.17, 15) is 14.7 Å². The molecule has 1 heterocycles. The van der Waals surface area contributed by atoms with E-state index in [0.29, 0.717) is 0 Å². The quantitative estimate of drug-likeness (QED) is 0.569. The lowest BCUT2D eigenvalue weighted by molar-refractivity contribution is -0.203. The summed E-state index contributed by atoms with van der Waals surface area (Å²) in [6, 6.07) is 0. The molecule has 0 aromatic carbocycles. The Bertz CT molecular complexity index is 281. The second kappa shape index (κ2) is 5.60. The van der Waals surface area contributed by atoms with Gasteiger partial charge in [0.2, 0.25) is 0 Å². The van der Waals surface area contributed by atoms with E-state index in [1.54, 1.807) is 0 Å². The van der Waals surface area contributed by atoms with Gasteiger partial charge in [-0.1, -0.05) is 15.9 Å². The van der Waals surface area contributed by atoms with Crippen molar-refractivity contribution < 1.29 is 28.9 Å². The van der Waals surface area contributed by atoms with Gasteiger partial charge in [0.05, 0.1) is 6.61 Å². The molecule has 0 bridgehead atoms. The Labute approximate surface area is 101 Å². The highest BCUT2D eigenvalue weighted by molar-refractivity contribution is 9.09. The van der Waals surface area contributed by atoms with Crippen LogP contribution in [0.2, 0.25) is 0 Å². The average molecular weight is 297 g/mol. The summed E-state index contributed by atoms with van der Waals surface area (Å²) >= 11 is 3.07. The minimum absolute atomic E-state index is 0.0600. The van der Waals surface area contributed by atoms with E-state index >= 15 is 0 Å². The highest BCUT2D eigenvalue weighted by Gasteiger charge is 2.42. The number of esters is 2. The smallest absolute Gasteiger partial charge is 0.303 e. The Morgan fingerprint density at radius 2 is 1.88 bits per heavy atom. The first-order valence-corrected chi connectivity index (χ1v) is 5.61. The molecule has 7 heteroatoms. The highest BCUT2D eigenvalue weighted by atomic mass is 79.9. The minimum Gasteiger partial charge on any atom is -0.456 e. The van der Waals surface area contributed by atoms with Gasteiger partial charge in [0, 0.05) is 13.8 Å². The number of aliphatic hydroxyl groups is 1. The van der Waals surface area contributed by atoms with Crippen molar-refractivity contribution in [2.45, 2.75) is 37.2 Å². The van der Waals surface area contributed by atoms with E-state index in [4.69, 9.17) is 14.2 Å². The summed E-state index contributed by atoms with van der Waals surface area (Å²) in [5.74, 6) is -1.08. The maximum atomic E-state index is 10.9. The average Bonchev–Trinajstić information content (AvgIpc) is 2.16. The second-order valence-corrected chi connectivity index (χ2v) is 4.30. The largest absolute Gasteiger partial charge is 0.456 e. The topological polar surface area (TPSA) is 82.1 Å². The molecule has 1 aliphatic heterocycles. The summed E-state index contributed by atoms with van der Waals surface area (Å²) in [4.78, 5) is 21.7. The molecule has 0 unspecified atom stereocenters. The summed E-state index contributed by atoms with van der Waals surface area (Å²) in [5.41, 5.74) is 0. The molecule has 0 amide bonds. The van der Waals surface area contributed by atoms with Crippen molar-refractivity contribution in [3.8, 4) is 0 Å². The predicted octanol–water partition coefficient (Wildman–Crippen LogP) is -0.0381. The zero-order valence-corrected chi connectivity index (χ0v) is 10.5. The van der Waals surface area contributed by atoms with Crippen LogP contribution in [-0.4, -0.2) is 47.0 Å². The lowest BCUT2D eigenvalue weighted by Gasteiger charge is -2.36. The third-order valence-corrected chi connectivity index (χ3v) is 2.82. The van der Waals surface area contributed by atoms with E-state index in [1.807, 2.05) is 0 Å². The van der Waals surface area contributed by atoms with Crippen molar-refractivity contribution in [3.63, 3.8) is 0 Å². The summed E-state index contributed by atoms with van der Waals surface area (Å²) in [7, 11) is 0. The molecule has 0 saturated carbocycles. The Morgan fingerprint density at radius 1 is 1.31 bits per heavy atom. The monoisotopic (exact) mass is 296 g/mol. The molecular formula is C9H13BrO6. The fourth-order valence-electron chi connectivity index (χ4n) is 1.40. The van der Waals surface area contributed by atoms with Gasteiger partial charge in [-0.25, -0.2) is 0 Å². The number of halogens is 1. The van der Waals surface area contributed by atoms with E-state index in [2.05, 4.69) is 15.9 Å². The van der Waals surface area contributed by atoms with Gasteiger partial charge in [0.1, 0.15) is 11.1 Å². The van der Waals surface area contributed by atoms with Gasteiger partial charge in [-0.15, -0.1) is 0 Å². The van der Waals surface area contributed by atoms with Crippen LogP contribution in [0.3, 0.4) is 0 Å². The molecule has 92 valence electrons. The van der Waals surface area contributed by atoms with Crippen LogP contribution in [0.15, 0.2) is 0 Å².